The molecule has 3 aromatic rings. The summed E-state index contributed by atoms with van der Waals surface area (Å²) in [6, 6.07) is 15.8. The maximum absolute atomic E-state index is 12.8. The highest BCUT2D eigenvalue weighted by Gasteiger charge is 2.30. The number of amides is 1. The Morgan fingerprint density at radius 1 is 1.22 bits per heavy atom. The second-order valence-corrected chi connectivity index (χ2v) is 6.97. The summed E-state index contributed by atoms with van der Waals surface area (Å²) >= 11 is 0. The van der Waals surface area contributed by atoms with Gasteiger partial charge in [-0.05, 0) is 49.1 Å². The number of likely N-dealkylation sites (tertiary alicyclic amines) is 1. The van der Waals surface area contributed by atoms with Crippen molar-refractivity contribution < 1.29 is 9.53 Å². The number of nitrogens with one attached hydrogen (secondary N) is 1. The van der Waals surface area contributed by atoms with Crippen LogP contribution in [0.3, 0.4) is 0 Å². The Balaban J connectivity index is 1.41. The molecule has 0 bridgehead atoms. The standard InChI is InChI=1S/C22H23N3O2/c1-16-5-2-3-7-21(16)27-19-10-8-17(9-11-19)13-22(26)25-12-4-6-20(25)18-14-23-24-15-18/h2-3,5,7-11,14-15,20H,4,6,12-13H2,1H3,(H,23,24). The number of hydrogen-bond acceptors (Lipinski definition) is 3. The Hall–Kier alpha value is -3.08. The van der Waals surface area contributed by atoms with Gasteiger partial charge in [0.25, 0.3) is 0 Å². The molecule has 1 saturated heterocycles. The predicted octanol–water partition coefficient (Wildman–Crippen LogP) is 4.42. The van der Waals surface area contributed by atoms with Crippen molar-refractivity contribution in [3.63, 3.8) is 0 Å². The van der Waals surface area contributed by atoms with Gasteiger partial charge in [0.2, 0.25) is 5.91 Å². The van der Waals surface area contributed by atoms with Crippen molar-refractivity contribution in [2.45, 2.75) is 32.2 Å². The molecule has 1 unspecified atom stereocenters. The highest BCUT2D eigenvalue weighted by molar-refractivity contribution is 5.79. The number of para-hydroxylation sites is 1. The molecule has 0 spiro atoms. The maximum atomic E-state index is 12.8. The van der Waals surface area contributed by atoms with E-state index in [1.54, 1.807) is 0 Å². The van der Waals surface area contributed by atoms with Crippen molar-refractivity contribution in [3.05, 3.63) is 77.6 Å². The molecule has 1 N–H and O–H groups in total. The van der Waals surface area contributed by atoms with E-state index in [4.69, 9.17) is 4.74 Å². The quantitative estimate of drug-likeness (QED) is 0.732. The number of carbonyl (C=O) groups is 1. The number of aryl methyl sites for hydroxylation is 1. The van der Waals surface area contributed by atoms with Crippen LogP contribution in [0.15, 0.2) is 60.9 Å². The highest BCUT2D eigenvalue weighted by atomic mass is 16.5. The molecule has 1 aromatic heterocycles. The molecule has 1 amide bonds. The molecule has 1 aliphatic heterocycles. The van der Waals surface area contributed by atoms with E-state index in [9.17, 15) is 4.79 Å². The van der Waals surface area contributed by atoms with Crippen LogP contribution in [0.5, 0.6) is 11.5 Å². The number of H-pyrrole nitrogens is 1. The molecular formula is C22H23N3O2. The molecule has 1 aliphatic rings. The summed E-state index contributed by atoms with van der Waals surface area (Å²) in [5.41, 5.74) is 3.17. The van der Waals surface area contributed by atoms with E-state index in [2.05, 4.69) is 10.2 Å². The minimum atomic E-state index is 0.139. The van der Waals surface area contributed by atoms with Crippen LogP contribution < -0.4 is 4.74 Å². The van der Waals surface area contributed by atoms with Crippen LogP contribution in [-0.2, 0) is 11.2 Å². The number of hydrogen-bond donors (Lipinski definition) is 1. The minimum Gasteiger partial charge on any atom is -0.457 e. The summed E-state index contributed by atoms with van der Waals surface area (Å²) < 4.78 is 5.93. The van der Waals surface area contributed by atoms with Crippen LogP contribution >= 0.6 is 0 Å². The van der Waals surface area contributed by atoms with Crippen LogP contribution in [0.2, 0.25) is 0 Å². The van der Waals surface area contributed by atoms with E-state index in [1.165, 1.54) is 0 Å². The smallest absolute Gasteiger partial charge is 0.227 e. The summed E-state index contributed by atoms with van der Waals surface area (Å²) in [6.07, 6.45) is 6.13. The zero-order chi connectivity index (χ0) is 18.6. The molecule has 1 atom stereocenters. The predicted molar refractivity (Wildman–Crippen MR) is 104 cm³/mol. The zero-order valence-corrected chi connectivity index (χ0v) is 15.4. The first-order valence-corrected chi connectivity index (χ1v) is 9.31. The van der Waals surface area contributed by atoms with Gasteiger partial charge in [-0.2, -0.15) is 5.10 Å². The summed E-state index contributed by atoms with van der Waals surface area (Å²) in [4.78, 5) is 14.8. The number of ether oxygens (including phenoxy) is 1. The Morgan fingerprint density at radius 3 is 2.78 bits per heavy atom. The van der Waals surface area contributed by atoms with E-state index in [0.29, 0.717) is 6.42 Å². The Kier molecular flexibility index (Phi) is 4.92. The van der Waals surface area contributed by atoms with Crippen LogP contribution in [0.4, 0.5) is 0 Å². The Labute approximate surface area is 159 Å². The van der Waals surface area contributed by atoms with Crippen molar-refractivity contribution >= 4 is 5.91 Å². The van der Waals surface area contributed by atoms with Gasteiger partial charge in [-0.25, -0.2) is 0 Å². The largest absolute Gasteiger partial charge is 0.457 e. The van der Waals surface area contributed by atoms with Crippen LogP contribution in [-0.4, -0.2) is 27.5 Å². The van der Waals surface area contributed by atoms with Gasteiger partial charge in [0.05, 0.1) is 18.7 Å². The fourth-order valence-corrected chi connectivity index (χ4v) is 3.60. The van der Waals surface area contributed by atoms with Gasteiger partial charge in [-0.3, -0.25) is 9.89 Å². The van der Waals surface area contributed by atoms with Crippen molar-refractivity contribution in [1.82, 2.24) is 15.1 Å². The second kappa shape index (κ2) is 7.66. The molecule has 5 heteroatoms. The van der Waals surface area contributed by atoms with E-state index < -0.39 is 0 Å². The minimum absolute atomic E-state index is 0.139. The SMILES string of the molecule is Cc1ccccc1Oc1ccc(CC(=O)N2CCCC2c2cn[nH]c2)cc1. The van der Waals surface area contributed by atoms with E-state index in [0.717, 1.165) is 47.6 Å². The van der Waals surface area contributed by atoms with Gasteiger partial charge in [-0.15, -0.1) is 0 Å². The van der Waals surface area contributed by atoms with Crippen molar-refractivity contribution in [1.29, 1.82) is 0 Å². The molecule has 2 aromatic carbocycles. The molecule has 0 radical (unpaired) electrons. The lowest BCUT2D eigenvalue weighted by molar-refractivity contribution is -0.131. The third kappa shape index (κ3) is 3.87. The van der Waals surface area contributed by atoms with Gasteiger partial charge < -0.3 is 9.64 Å². The highest BCUT2D eigenvalue weighted by Crippen LogP contribution is 2.32. The van der Waals surface area contributed by atoms with Crippen LogP contribution in [0.25, 0.3) is 0 Å². The lowest BCUT2D eigenvalue weighted by atomic mass is 10.1. The summed E-state index contributed by atoms with van der Waals surface area (Å²) in [5, 5.41) is 6.86. The first-order chi connectivity index (χ1) is 13.2. The lowest BCUT2D eigenvalue weighted by Gasteiger charge is -2.24. The van der Waals surface area contributed by atoms with Gasteiger partial charge in [0.15, 0.2) is 0 Å². The Morgan fingerprint density at radius 2 is 2.04 bits per heavy atom. The molecule has 0 aliphatic carbocycles. The number of rotatable bonds is 5. The lowest BCUT2D eigenvalue weighted by Crippen LogP contribution is -2.31. The number of nitrogens with zero attached hydrogens (tertiary/aromatic N) is 2. The number of aromatic amines is 1. The normalized spacial score (nSPS) is 16.5. The average molecular weight is 361 g/mol. The third-order valence-corrected chi connectivity index (χ3v) is 5.08. The van der Waals surface area contributed by atoms with Crippen LogP contribution in [0, 0.1) is 6.92 Å². The van der Waals surface area contributed by atoms with Crippen molar-refractivity contribution in [3.8, 4) is 11.5 Å². The summed E-state index contributed by atoms with van der Waals surface area (Å²) in [6.45, 7) is 2.83. The molecule has 0 saturated carbocycles. The fraction of sp³-hybridized carbons (Fsp3) is 0.273. The summed E-state index contributed by atoms with van der Waals surface area (Å²) in [7, 11) is 0. The molecule has 4 rings (SSSR count). The maximum Gasteiger partial charge on any atom is 0.227 e. The second-order valence-electron chi connectivity index (χ2n) is 6.97. The average Bonchev–Trinajstić information content (AvgIpc) is 3.36. The first kappa shape index (κ1) is 17.3. The molecule has 5 nitrogen and oxygen atoms in total. The third-order valence-electron chi connectivity index (χ3n) is 5.08. The molecule has 1 fully saturated rings. The van der Waals surface area contributed by atoms with Gasteiger partial charge >= 0.3 is 0 Å². The Bertz CT molecular complexity index is 904. The fourth-order valence-electron chi connectivity index (χ4n) is 3.60. The molecule has 27 heavy (non-hydrogen) atoms. The number of aromatic nitrogens is 2. The van der Waals surface area contributed by atoms with Crippen molar-refractivity contribution in [2.24, 2.45) is 0 Å². The monoisotopic (exact) mass is 361 g/mol. The van der Waals surface area contributed by atoms with E-state index in [-0.39, 0.29) is 11.9 Å². The van der Waals surface area contributed by atoms with Crippen molar-refractivity contribution in [2.75, 3.05) is 6.54 Å². The zero-order valence-electron chi connectivity index (χ0n) is 15.4. The molecule has 138 valence electrons. The van der Waals surface area contributed by atoms with Gasteiger partial charge in [0, 0.05) is 18.3 Å². The number of benzene rings is 2. The van der Waals surface area contributed by atoms with Crippen LogP contribution in [0.1, 0.15) is 35.6 Å². The van der Waals surface area contributed by atoms with Gasteiger partial charge in [-0.1, -0.05) is 30.3 Å². The van der Waals surface area contributed by atoms with E-state index in [1.807, 2.05) is 72.7 Å². The van der Waals surface area contributed by atoms with E-state index >= 15 is 0 Å². The molecule has 2 heterocycles. The summed E-state index contributed by atoms with van der Waals surface area (Å²) in [5.74, 6) is 1.78. The molecular weight excluding hydrogens is 338 g/mol. The first-order valence-electron chi connectivity index (χ1n) is 9.31. The topological polar surface area (TPSA) is 58.2 Å². The van der Waals surface area contributed by atoms with Gasteiger partial charge in [0.1, 0.15) is 11.5 Å². The number of carbonyl (C=O) groups excluding carboxylic acids is 1.